The summed E-state index contributed by atoms with van der Waals surface area (Å²) in [5.74, 6) is 0.902. The van der Waals surface area contributed by atoms with Crippen molar-refractivity contribution in [3.63, 3.8) is 0 Å². The maximum Gasteiger partial charge on any atom is 0.123 e. The van der Waals surface area contributed by atoms with Crippen LogP contribution in [-0.4, -0.2) is 7.11 Å². The molecule has 21 heavy (non-hydrogen) atoms. The molecule has 0 N–H and O–H groups in total. The van der Waals surface area contributed by atoms with Gasteiger partial charge in [-0.15, -0.1) is 11.6 Å². The van der Waals surface area contributed by atoms with Crippen LogP contribution in [-0.2, 0) is 0 Å². The summed E-state index contributed by atoms with van der Waals surface area (Å²) in [6.07, 6.45) is 10.2. The topological polar surface area (TPSA) is 9.23 Å². The first-order valence-corrected chi connectivity index (χ1v) is 9.31. The smallest absolute Gasteiger partial charge is 0.123 e. The van der Waals surface area contributed by atoms with E-state index in [-0.39, 0.29) is 5.38 Å². The highest BCUT2D eigenvalue weighted by Crippen LogP contribution is 2.37. The summed E-state index contributed by atoms with van der Waals surface area (Å²) in [6, 6.07) is 4.16. The monoisotopic (exact) mass is 374 g/mol. The van der Waals surface area contributed by atoms with Gasteiger partial charge >= 0.3 is 0 Å². The lowest BCUT2D eigenvalue weighted by molar-refractivity contribution is 0.407. The summed E-state index contributed by atoms with van der Waals surface area (Å²) in [6.45, 7) is 4.32. The van der Waals surface area contributed by atoms with Gasteiger partial charge in [-0.05, 0) is 31.0 Å². The van der Waals surface area contributed by atoms with Crippen molar-refractivity contribution in [3.05, 3.63) is 27.7 Å². The number of hydrogen-bond acceptors (Lipinski definition) is 1. The zero-order valence-corrected chi connectivity index (χ0v) is 15.9. The number of alkyl halides is 1. The van der Waals surface area contributed by atoms with Gasteiger partial charge in [0.15, 0.2) is 0 Å². The Morgan fingerprint density at radius 3 is 2.33 bits per heavy atom. The molecule has 0 saturated heterocycles. The second kappa shape index (κ2) is 10.5. The standard InChI is InChI=1S/C18H28BrClO/c1-4-5-6-7-8-9-10-11-17(20)15-13-16(19)14(2)12-18(15)21-3/h12-13,17H,4-11H2,1-3H3. The van der Waals surface area contributed by atoms with Crippen molar-refractivity contribution in [1.82, 2.24) is 0 Å². The van der Waals surface area contributed by atoms with E-state index in [1.165, 1.54) is 50.5 Å². The molecule has 1 nitrogen and oxygen atoms in total. The molecule has 0 amide bonds. The summed E-state index contributed by atoms with van der Waals surface area (Å²) in [4.78, 5) is 0. The van der Waals surface area contributed by atoms with Crippen LogP contribution >= 0.6 is 27.5 Å². The number of unbranched alkanes of at least 4 members (excludes halogenated alkanes) is 6. The van der Waals surface area contributed by atoms with Crippen molar-refractivity contribution in [1.29, 1.82) is 0 Å². The van der Waals surface area contributed by atoms with Crippen LogP contribution in [0.2, 0.25) is 0 Å². The second-order valence-electron chi connectivity index (χ2n) is 5.72. The minimum absolute atomic E-state index is 0.0347. The fraction of sp³-hybridized carbons (Fsp3) is 0.667. The van der Waals surface area contributed by atoms with Gasteiger partial charge in [-0.1, -0.05) is 67.8 Å². The molecule has 120 valence electrons. The molecular formula is C18H28BrClO. The average Bonchev–Trinajstić information content (AvgIpc) is 2.48. The quantitative estimate of drug-likeness (QED) is 0.310. The number of aryl methyl sites for hydroxylation is 1. The van der Waals surface area contributed by atoms with E-state index in [1.54, 1.807) is 7.11 Å². The van der Waals surface area contributed by atoms with Crippen molar-refractivity contribution < 1.29 is 4.74 Å². The third-order valence-corrected chi connectivity index (χ3v) is 5.22. The molecule has 0 aliphatic carbocycles. The number of hydrogen-bond donors (Lipinski definition) is 0. The van der Waals surface area contributed by atoms with Crippen LogP contribution in [0.4, 0.5) is 0 Å². The fourth-order valence-electron chi connectivity index (χ4n) is 2.53. The van der Waals surface area contributed by atoms with E-state index in [1.807, 2.05) is 0 Å². The van der Waals surface area contributed by atoms with Gasteiger partial charge in [0, 0.05) is 10.0 Å². The van der Waals surface area contributed by atoms with E-state index in [9.17, 15) is 0 Å². The van der Waals surface area contributed by atoms with Crippen LogP contribution in [0.5, 0.6) is 5.75 Å². The molecule has 1 aromatic carbocycles. The van der Waals surface area contributed by atoms with E-state index in [0.29, 0.717) is 0 Å². The first-order valence-electron chi connectivity index (χ1n) is 8.08. The van der Waals surface area contributed by atoms with Gasteiger partial charge in [0.2, 0.25) is 0 Å². The Morgan fingerprint density at radius 2 is 1.71 bits per heavy atom. The Hall–Kier alpha value is -0.210. The van der Waals surface area contributed by atoms with Crippen molar-refractivity contribution in [2.45, 2.75) is 70.6 Å². The van der Waals surface area contributed by atoms with Crippen LogP contribution in [0.1, 0.15) is 74.8 Å². The summed E-state index contributed by atoms with van der Waals surface area (Å²) >= 11 is 10.2. The lowest BCUT2D eigenvalue weighted by Gasteiger charge is -2.16. The molecule has 0 aliphatic rings. The van der Waals surface area contributed by atoms with E-state index in [0.717, 1.165) is 22.2 Å². The Bertz CT molecular complexity index is 420. The molecule has 0 spiro atoms. The van der Waals surface area contributed by atoms with E-state index in [4.69, 9.17) is 16.3 Å². The van der Waals surface area contributed by atoms with Crippen molar-refractivity contribution in [3.8, 4) is 5.75 Å². The highest BCUT2D eigenvalue weighted by atomic mass is 79.9. The van der Waals surface area contributed by atoms with Gasteiger partial charge in [0.05, 0.1) is 12.5 Å². The summed E-state index contributed by atoms with van der Waals surface area (Å²) in [5.41, 5.74) is 2.28. The molecule has 3 heteroatoms. The number of ether oxygens (including phenoxy) is 1. The Labute approximate surface area is 143 Å². The molecule has 1 aromatic rings. The molecule has 1 atom stereocenters. The van der Waals surface area contributed by atoms with Crippen LogP contribution in [0.25, 0.3) is 0 Å². The minimum Gasteiger partial charge on any atom is -0.496 e. The first kappa shape index (κ1) is 18.8. The molecular weight excluding hydrogens is 348 g/mol. The maximum absolute atomic E-state index is 6.58. The molecule has 0 aromatic heterocycles. The third-order valence-electron chi connectivity index (χ3n) is 3.91. The van der Waals surface area contributed by atoms with Crippen LogP contribution in [0, 0.1) is 6.92 Å². The third kappa shape index (κ3) is 6.61. The normalized spacial score (nSPS) is 12.4. The minimum atomic E-state index is 0.0347. The van der Waals surface area contributed by atoms with Crippen molar-refractivity contribution in [2.24, 2.45) is 0 Å². The molecule has 0 aliphatic heterocycles. The van der Waals surface area contributed by atoms with Crippen LogP contribution in [0.3, 0.4) is 0 Å². The second-order valence-corrected chi connectivity index (χ2v) is 7.10. The average molecular weight is 376 g/mol. The van der Waals surface area contributed by atoms with E-state index in [2.05, 4.69) is 41.9 Å². The maximum atomic E-state index is 6.58. The van der Waals surface area contributed by atoms with Crippen molar-refractivity contribution >= 4 is 27.5 Å². The highest BCUT2D eigenvalue weighted by Gasteiger charge is 2.15. The molecule has 1 rings (SSSR count). The Balaban J connectivity index is 2.41. The number of methoxy groups -OCH3 is 1. The lowest BCUT2D eigenvalue weighted by Crippen LogP contribution is -1.97. The molecule has 0 bridgehead atoms. The van der Waals surface area contributed by atoms with Gasteiger partial charge in [-0.3, -0.25) is 0 Å². The Kier molecular flexibility index (Phi) is 9.42. The SMILES string of the molecule is CCCCCCCCCC(Cl)c1cc(Br)c(C)cc1OC. The molecule has 1 unspecified atom stereocenters. The van der Waals surface area contributed by atoms with Gasteiger partial charge < -0.3 is 4.74 Å². The largest absolute Gasteiger partial charge is 0.496 e. The van der Waals surface area contributed by atoms with Gasteiger partial charge in [-0.2, -0.15) is 0 Å². The van der Waals surface area contributed by atoms with Crippen LogP contribution in [0.15, 0.2) is 16.6 Å². The molecule has 0 radical (unpaired) electrons. The zero-order chi connectivity index (χ0) is 15.7. The number of rotatable bonds is 10. The first-order chi connectivity index (χ1) is 10.1. The van der Waals surface area contributed by atoms with Crippen LogP contribution < -0.4 is 4.74 Å². The summed E-state index contributed by atoms with van der Waals surface area (Å²) < 4.78 is 6.57. The molecule has 0 fully saturated rings. The number of halogens is 2. The predicted octanol–water partition coefficient (Wildman–Crippen LogP) is 7.19. The number of benzene rings is 1. The summed E-state index contributed by atoms with van der Waals surface area (Å²) in [7, 11) is 1.71. The fourth-order valence-corrected chi connectivity index (χ4v) is 3.21. The van der Waals surface area contributed by atoms with Gasteiger partial charge in [-0.25, -0.2) is 0 Å². The van der Waals surface area contributed by atoms with Gasteiger partial charge in [0.1, 0.15) is 5.75 Å². The molecule has 0 heterocycles. The molecule has 0 saturated carbocycles. The predicted molar refractivity (Wildman–Crippen MR) is 96.6 cm³/mol. The van der Waals surface area contributed by atoms with E-state index < -0.39 is 0 Å². The Morgan fingerprint density at radius 1 is 1.10 bits per heavy atom. The van der Waals surface area contributed by atoms with E-state index >= 15 is 0 Å². The van der Waals surface area contributed by atoms with Gasteiger partial charge in [0.25, 0.3) is 0 Å². The highest BCUT2D eigenvalue weighted by molar-refractivity contribution is 9.10. The zero-order valence-electron chi connectivity index (χ0n) is 13.6. The summed E-state index contributed by atoms with van der Waals surface area (Å²) in [5, 5.41) is 0.0347. The lowest BCUT2D eigenvalue weighted by atomic mass is 10.0. The van der Waals surface area contributed by atoms with Crippen molar-refractivity contribution in [2.75, 3.05) is 7.11 Å².